The van der Waals surface area contributed by atoms with Crippen LogP contribution in [0.4, 0.5) is 0 Å². The Morgan fingerprint density at radius 1 is 0.944 bits per heavy atom. The maximum Gasteiger partial charge on any atom is 0.120 e. The number of fused-ring (bicyclic) bond motifs is 1. The van der Waals surface area contributed by atoms with Crippen LogP contribution in [-0.2, 0) is 6.42 Å². The van der Waals surface area contributed by atoms with Crippen molar-refractivity contribution in [1.82, 2.24) is 0 Å². The number of furan rings is 1. The van der Waals surface area contributed by atoms with Gasteiger partial charge in [-0.25, -0.2) is 0 Å². The lowest BCUT2D eigenvalue weighted by atomic mass is 9.98. The molecule has 3 rings (SSSR count). The lowest BCUT2D eigenvalue weighted by Crippen LogP contribution is -2.12. The summed E-state index contributed by atoms with van der Waals surface area (Å²) in [7, 11) is 0. The Hall–Kier alpha value is -2.06. The van der Waals surface area contributed by atoms with E-state index < -0.39 is 0 Å². The molecule has 90 valence electrons. The van der Waals surface area contributed by atoms with Gasteiger partial charge in [0.25, 0.3) is 0 Å². The largest absolute Gasteiger partial charge is 0.468 e. The van der Waals surface area contributed by atoms with Crippen molar-refractivity contribution in [1.29, 1.82) is 0 Å². The average Bonchev–Trinajstić information content (AvgIpc) is 2.93. The molecule has 0 spiro atoms. The molecule has 2 N–H and O–H groups in total. The summed E-state index contributed by atoms with van der Waals surface area (Å²) in [6.07, 6.45) is 2.45. The van der Waals surface area contributed by atoms with Crippen LogP contribution < -0.4 is 5.73 Å². The normalized spacial score (nSPS) is 12.7. The summed E-state index contributed by atoms with van der Waals surface area (Å²) in [5, 5.41) is 2.52. The van der Waals surface area contributed by atoms with Gasteiger partial charge in [0.2, 0.25) is 0 Å². The zero-order chi connectivity index (χ0) is 12.4. The molecular weight excluding hydrogens is 222 g/mol. The van der Waals surface area contributed by atoms with Gasteiger partial charge in [-0.05, 0) is 34.9 Å². The van der Waals surface area contributed by atoms with Crippen LogP contribution in [0.15, 0.2) is 65.3 Å². The van der Waals surface area contributed by atoms with E-state index in [1.54, 1.807) is 6.26 Å². The molecule has 0 aliphatic carbocycles. The Morgan fingerprint density at radius 2 is 1.78 bits per heavy atom. The molecular formula is C16H15NO. The first-order valence-electron chi connectivity index (χ1n) is 6.10. The predicted octanol–water partition coefficient (Wildman–Crippen LogP) is 3.68. The fourth-order valence-corrected chi connectivity index (χ4v) is 2.31. The van der Waals surface area contributed by atoms with Crippen molar-refractivity contribution in [3.8, 4) is 0 Å². The molecule has 0 saturated heterocycles. The Bertz CT molecular complexity index is 638. The van der Waals surface area contributed by atoms with E-state index in [-0.39, 0.29) is 6.04 Å². The zero-order valence-corrected chi connectivity index (χ0v) is 10.0. The summed E-state index contributed by atoms with van der Waals surface area (Å²) in [6, 6.07) is 18.4. The van der Waals surface area contributed by atoms with Crippen LogP contribution in [0.25, 0.3) is 10.8 Å². The molecule has 0 aliphatic heterocycles. The van der Waals surface area contributed by atoms with E-state index >= 15 is 0 Å². The average molecular weight is 237 g/mol. The SMILES string of the molecule is NC(Cc1cccc2ccccc12)c1ccco1. The molecule has 2 aromatic carbocycles. The van der Waals surface area contributed by atoms with Gasteiger partial charge in [0.15, 0.2) is 0 Å². The summed E-state index contributed by atoms with van der Waals surface area (Å²) < 4.78 is 5.35. The van der Waals surface area contributed by atoms with Gasteiger partial charge in [0.1, 0.15) is 5.76 Å². The molecule has 1 atom stereocenters. The molecule has 0 saturated carbocycles. The topological polar surface area (TPSA) is 39.2 Å². The highest BCUT2D eigenvalue weighted by atomic mass is 16.3. The maximum absolute atomic E-state index is 6.17. The molecule has 0 bridgehead atoms. The number of rotatable bonds is 3. The molecule has 2 nitrogen and oxygen atoms in total. The van der Waals surface area contributed by atoms with Crippen molar-refractivity contribution in [3.05, 3.63) is 72.2 Å². The Morgan fingerprint density at radius 3 is 2.61 bits per heavy atom. The highest BCUT2D eigenvalue weighted by Crippen LogP contribution is 2.23. The van der Waals surface area contributed by atoms with Crippen molar-refractivity contribution in [2.24, 2.45) is 5.73 Å². The number of benzene rings is 2. The smallest absolute Gasteiger partial charge is 0.120 e. The predicted molar refractivity (Wildman–Crippen MR) is 73.3 cm³/mol. The second-order valence-corrected chi connectivity index (χ2v) is 4.46. The molecule has 0 radical (unpaired) electrons. The molecule has 0 amide bonds. The van der Waals surface area contributed by atoms with Crippen LogP contribution in [0.5, 0.6) is 0 Å². The molecule has 1 unspecified atom stereocenters. The van der Waals surface area contributed by atoms with E-state index in [4.69, 9.17) is 10.2 Å². The third-order valence-corrected chi connectivity index (χ3v) is 3.23. The van der Waals surface area contributed by atoms with Gasteiger partial charge in [0, 0.05) is 0 Å². The van der Waals surface area contributed by atoms with Crippen molar-refractivity contribution < 1.29 is 4.42 Å². The van der Waals surface area contributed by atoms with E-state index in [2.05, 4.69) is 42.5 Å². The number of nitrogens with two attached hydrogens (primary N) is 1. The lowest BCUT2D eigenvalue weighted by Gasteiger charge is -2.11. The molecule has 1 heterocycles. The fourth-order valence-electron chi connectivity index (χ4n) is 2.31. The number of hydrogen-bond acceptors (Lipinski definition) is 2. The quantitative estimate of drug-likeness (QED) is 0.754. The van der Waals surface area contributed by atoms with Crippen LogP contribution in [0, 0.1) is 0 Å². The third-order valence-electron chi connectivity index (χ3n) is 3.23. The molecule has 2 heteroatoms. The van der Waals surface area contributed by atoms with Gasteiger partial charge in [-0.15, -0.1) is 0 Å². The van der Waals surface area contributed by atoms with E-state index in [9.17, 15) is 0 Å². The highest BCUT2D eigenvalue weighted by molar-refractivity contribution is 5.85. The first-order chi connectivity index (χ1) is 8.84. The maximum atomic E-state index is 6.17. The summed E-state index contributed by atoms with van der Waals surface area (Å²) in [5.74, 6) is 0.836. The molecule has 0 aliphatic rings. The highest BCUT2D eigenvalue weighted by Gasteiger charge is 2.11. The molecule has 0 fully saturated rings. The molecule has 3 aromatic rings. The Labute approximate surface area is 106 Å². The summed E-state index contributed by atoms with van der Waals surface area (Å²) in [6.45, 7) is 0. The van der Waals surface area contributed by atoms with Gasteiger partial charge in [-0.3, -0.25) is 0 Å². The van der Waals surface area contributed by atoms with Crippen LogP contribution in [0.2, 0.25) is 0 Å². The minimum atomic E-state index is -0.0918. The summed E-state index contributed by atoms with van der Waals surface area (Å²) >= 11 is 0. The number of hydrogen-bond donors (Lipinski definition) is 1. The van der Waals surface area contributed by atoms with Gasteiger partial charge in [-0.2, -0.15) is 0 Å². The van der Waals surface area contributed by atoms with E-state index in [0.29, 0.717) is 0 Å². The fraction of sp³-hybridized carbons (Fsp3) is 0.125. The standard InChI is InChI=1S/C16H15NO/c17-15(16-9-4-10-18-16)11-13-7-3-6-12-5-1-2-8-14(12)13/h1-10,15H,11,17H2. The van der Waals surface area contributed by atoms with E-state index in [1.807, 2.05) is 12.1 Å². The van der Waals surface area contributed by atoms with Gasteiger partial charge >= 0.3 is 0 Å². The Kier molecular flexibility index (Phi) is 2.87. The molecule has 1 aromatic heterocycles. The molecule has 18 heavy (non-hydrogen) atoms. The van der Waals surface area contributed by atoms with Gasteiger partial charge in [0.05, 0.1) is 12.3 Å². The van der Waals surface area contributed by atoms with Gasteiger partial charge < -0.3 is 10.2 Å². The summed E-state index contributed by atoms with van der Waals surface area (Å²) in [4.78, 5) is 0. The van der Waals surface area contributed by atoms with E-state index in [0.717, 1.165) is 12.2 Å². The third kappa shape index (κ3) is 2.03. The van der Waals surface area contributed by atoms with Gasteiger partial charge in [-0.1, -0.05) is 42.5 Å². The van der Waals surface area contributed by atoms with E-state index in [1.165, 1.54) is 16.3 Å². The van der Waals surface area contributed by atoms with Crippen LogP contribution in [-0.4, -0.2) is 0 Å². The minimum absolute atomic E-state index is 0.0918. The van der Waals surface area contributed by atoms with Crippen molar-refractivity contribution >= 4 is 10.8 Å². The van der Waals surface area contributed by atoms with Crippen LogP contribution >= 0.6 is 0 Å². The van der Waals surface area contributed by atoms with Crippen molar-refractivity contribution in [2.45, 2.75) is 12.5 Å². The lowest BCUT2D eigenvalue weighted by molar-refractivity contribution is 0.465. The van der Waals surface area contributed by atoms with Crippen LogP contribution in [0.3, 0.4) is 0 Å². The second-order valence-electron chi connectivity index (χ2n) is 4.46. The summed E-state index contributed by atoms with van der Waals surface area (Å²) in [5.41, 5.74) is 7.43. The Balaban J connectivity index is 1.95. The first-order valence-corrected chi connectivity index (χ1v) is 6.10. The monoisotopic (exact) mass is 237 g/mol. The second kappa shape index (κ2) is 4.67. The zero-order valence-electron chi connectivity index (χ0n) is 10.0. The van der Waals surface area contributed by atoms with Crippen LogP contribution in [0.1, 0.15) is 17.4 Å². The van der Waals surface area contributed by atoms with Crippen molar-refractivity contribution in [3.63, 3.8) is 0 Å². The van der Waals surface area contributed by atoms with Crippen molar-refractivity contribution in [2.75, 3.05) is 0 Å². The minimum Gasteiger partial charge on any atom is -0.468 e. The first kappa shape index (κ1) is 11.1.